The van der Waals surface area contributed by atoms with Crippen molar-refractivity contribution < 1.29 is 18.9 Å². The summed E-state index contributed by atoms with van der Waals surface area (Å²) in [5.74, 6) is 0.852. The topological polar surface area (TPSA) is 36.9 Å². The lowest BCUT2D eigenvalue weighted by Gasteiger charge is -2.16. The number of benzene rings is 1. The molecular formula is C17H26O4. The third kappa shape index (κ3) is 7.85. The van der Waals surface area contributed by atoms with E-state index in [0.717, 1.165) is 24.2 Å². The Morgan fingerprint density at radius 2 is 1.86 bits per heavy atom. The van der Waals surface area contributed by atoms with E-state index in [1.54, 1.807) is 14.2 Å². The quantitative estimate of drug-likeness (QED) is 0.462. The molecule has 0 saturated heterocycles. The fourth-order valence-corrected chi connectivity index (χ4v) is 1.79. The van der Waals surface area contributed by atoms with E-state index in [0.29, 0.717) is 13.2 Å². The zero-order valence-electron chi connectivity index (χ0n) is 13.2. The average Bonchev–Trinajstić information content (AvgIpc) is 2.53. The first-order valence-electron chi connectivity index (χ1n) is 7.26. The van der Waals surface area contributed by atoms with Crippen molar-refractivity contribution in [3.8, 4) is 5.75 Å². The van der Waals surface area contributed by atoms with Crippen LogP contribution in [0.4, 0.5) is 0 Å². The summed E-state index contributed by atoms with van der Waals surface area (Å²) >= 11 is 0. The van der Waals surface area contributed by atoms with Gasteiger partial charge >= 0.3 is 0 Å². The predicted octanol–water partition coefficient (Wildman–Crippen LogP) is 3.56. The highest BCUT2D eigenvalue weighted by Gasteiger charge is 2.07. The van der Waals surface area contributed by atoms with Crippen molar-refractivity contribution in [3.05, 3.63) is 42.0 Å². The molecule has 0 N–H and O–H groups in total. The minimum Gasteiger partial charge on any atom is -0.497 e. The lowest BCUT2D eigenvalue weighted by Crippen LogP contribution is -2.20. The van der Waals surface area contributed by atoms with Gasteiger partial charge in [0.2, 0.25) is 0 Å². The molecule has 4 nitrogen and oxygen atoms in total. The van der Waals surface area contributed by atoms with Crippen LogP contribution in [-0.2, 0) is 20.8 Å². The number of hydrogen-bond donors (Lipinski definition) is 0. The van der Waals surface area contributed by atoms with Crippen LogP contribution in [-0.4, -0.2) is 33.7 Å². The summed E-state index contributed by atoms with van der Waals surface area (Å²) in [6.45, 7) is 3.51. The molecule has 0 aromatic heterocycles. The number of hydrogen-bond acceptors (Lipinski definition) is 4. The Morgan fingerprint density at radius 1 is 1.10 bits per heavy atom. The molecule has 1 aromatic rings. The Morgan fingerprint density at radius 3 is 2.48 bits per heavy atom. The molecule has 0 aliphatic rings. The summed E-state index contributed by atoms with van der Waals surface area (Å²) < 4.78 is 21.4. The maximum Gasteiger partial charge on any atom is 0.146 e. The zero-order valence-corrected chi connectivity index (χ0v) is 13.2. The molecule has 4 heteroatoms. The van der Waals surface area contributed by atoms with Crippen molar-refractivity contribution in [3.63, 3.8) is 0 Å². The molecule has 0 aliphatic carbocycles. The van der Waals surface area contributed by atoms with Crippen LogP contribution in [0.15, 0.2) is 36.4 Å². The third-order valence-corrected chi connectivity index (χ3v) is 2.95. The largest absolute Gasteiger partial charge is 0.497 e. The van der Waals surface area contributed by atoms with E-state index in [9.17, 15) is 0 Å². The first kappa shape index (κ1) is 17.7. The molecule has 0 spiro atoms. The molecule has 0 heterocycles. The SMILES string of the molecule is CC/C=C\C[C@H](COCc1ccc(OC)cc1)OCOC. The second kappa shape index (κ2) is 11.3. The lowest BCUT2D eigenvalue weighted by molar-refractivity contribution is -0.0973. The molecule has 0 bridgehead atoms. The van der Waals surface area contributed by atoms with Gasteiger partial charge in [0, 0.05) is 7.11 Å². The Labute approximate surface area is 127 Å². The maximum absolute atomic E-state index is 5.73. The van der Waals surface area contributed by atoms with Gasteiger partial charge in [-0.25, -0.2) is 0 Å². The van der Waals surface area contributed by atoms with Gasteiger partial charge < -0.3 is 18.9 Å². The van der Waals surface area contributed by atoms with Gasteiger partial charge in [0.05, 0.1) is 26.4 Å². The van der Waals surface area contributed by atoms with E-state index in [1.165, 1.54) is 0 Å². The Bertz CT molecular complexity index is 386. The molecule has 0 amide bonds. The fraction of sp³-hybridized carbons (Fsp3) is 0.529. The highest BCUT2D eigenvalue weighted by Crippen LogP contribution is 2.12. The van der Waals surface area contributed by atoms with Crippen molar-refractivity contribution in [1.82, 2.24) is 0 Å². The molecule has 1 rings (SSSR count). The summed E-state index contributed by atoms with van der Waals surface area (Å²) in [7, 11) is 3.28. The monoisotopic (exact) mass is 294 g/mol. The van der Waals surface area contributed by atoms with Crippen molar-refractivity contribution in [2.45, 2.75) is 32.5 Å². The normalized spacial score (nSPS) is 12.7. The Hall–Kier alpha value is -1.36. The van der Waals surface area contributed by atoms with E-state index in [1.807, 2.05) is 24.3 Å². The average molecular weight is 294 g/mol. The van der Waals surface area contributed by atoms with Crippen LogP contribution in [0.1, 0.15) is 25.3 Å². The van der Waals surface area contributed by atoms with E-state index < -0.39 is 0 Å². The molecule has 1 aromatic carbocycles. The summed E-state index contributed by atoms with van der Waals surface area (Å²) in [4.78, 5) is 0. The third-order valence-electron chi connectivity index (χ3n) is 2.95. The standard InChI is InChI=1S/C17H26O4/c1-4-5-6-7-17(21-14-18-2)13-20-12-15-8-10-16(19-3)11-9-15/h5-6,8-11,17H,4,7,12-14H2,1-3H3/b6-5-/t17-/m1/s1. The van der Waals surface area contributed by atoms with E-state index in [2.05, 4.69) is 19.1 Å². The summed E-state index contributed by atoms with van der Waals surface area (Å²) in [6, 6.07) is 7.87. The van der Waals surface area contributed by atoms with Gasteiger partial charge in [-0.2, -0.15) is 0 Å². The van der Waals surface area contributed by atoms with Gasteiger partial charge in [0.15, 0.2) is 0 Å². The Balaban J connectivity index is 2.34. The maximum atomic E-state index is 5.73. The summed E-state index contributed by atoms with van der Waals surface area (Å²) in [6.07, 6.45) is 6.14. The van der Waals surface area contributed by atoms with Crippen LogP contribution >= 0.6 is 0 Å². The molecule has 0 radical (unpaired) electrons. The van der Waals surface area contributed by atoms with Crippen LogP contribution < -0.4 is 4.74 Å². The van der Waals surface area contributed by atoms with Crippen LogP contribution in [0.5, 0.6) is 5.75 Å². The second-order valence-corrected chi connectivity index (χ2v) is 4.67. The first-order chi connectivity index (χ1) is 10.3. The molecule has 118 valence electrons. The molecule has 0 unspecified atom stereocenters. The second-order valence-electron chi connectivity index (χ2n) is 4.67. The lowest BCUT2D eigenvalue weighted by atomic mass is 10.2. The number of methoxy groups -OCH3 is 2. The smallest absolute Gasteiger partial charge is 0.146 e. The molecular weight excluding hydrogens is 268 g/mol. The van der Waals surface area contributed by atoms with Crippen LogP contribution in [0, 0.1) is 0 Å². The van der Waals surface area contributed by atoms with Crippen LogP contribution in [0.25, 0.3) is 0 Å². The minimum atomic E-state index is 0.0194. The number of rotatable bonds is 11. The van der Waals surface area contributed by atoms with Gasteiger partial charge in [0.25, 0.3) is 0 Å². The van der Waals surface area contributed by atoms with E-state index >= 15 is 0 Å². The highest BCUT2D eigenvalue weighted by molar-refractivity contribution is 5.26. The number of ether oxygens (including phenoxy) is 4. The highest BCUT2D eigenvalue weighted by atomic mass is 16.7. The zero-order chi connectivity index (χ0) is 15.3. The van der Waals surface area contributed by atoms with Gasteiger partial charge in [-0.3, -0.25) is 0 Å². The van der Waals surface area contributed by atoms with Gasteiger partial charge in [-0.05, 0) is 30.5 Å². The van der Waals surface area contributed by atoms with E-state index in [4.69, 9.17) is 18.9 Å². The molecule has 21 heavy (non-hydrogen) atoms. The van der Waals surface area contributed by atoms with Crippen molar-refractivity contribution >= 4 is 0 Å². The van der Waals surface area contributed by atoms with Crippen LogP contribution in [0.2, 0.25) is 0 Å². The molecule has 0 fully saturated rings. The van der Waals surface area contributed by atoms with Gasteiger partial charge in [-0.1, -0.05) is 31.2 Å². The fourth-order valence-electron chi connectivity index (χ4n) is 1.79. The molecule has 0 saturated carbocycles. The van der Waals surface area contributed by atoms with Crippen molar-refractivity contribution in [2.75, 3.05) is 27.6 Å². The summed E-state index contributed by atoms with van der Waals surface area (Å²) in [5.41, 5.74) is 1.12. The Kier molecular flexibility index (Phi) is 9.53. The van der Waals surface area contributed by atoms with Crippen molar-refractivity contribution in [2.24, 2.45) is 0 Å². The minimum absolute atomic E-state index is 0.0194. The van der Waals surface area contributed by atoms with Gasteiger partial charge in [-0.15, -0.1) is 0 Å². The van der Waals surface area contributed by atoms with Gasteiger partial charge in [0.1, 0.15) is 12.5 Å². The molecule has 0 aliphatic heterocycles. The van der Waals surface area contributed by atoms with Crippen LogP contribution in [0.3, 0.4) is 0 Å². The number of allylic oxidation sites excluding steroid dienone is 1. The first-order valence-corrected chi connectivity index (χ1v) is 7.26. The predicted molar refractivity (Wildman–Crippen MR) is 83.4 cm³/mol. The van der Waals surface area contributed by atoms with Crippen molar-refractivity contribution in [1.29, 1.82) is 0 Å². The molecule has 1 atom stereocenters. The van der Waals surface area contributed by atoms with E-state index in [-0.39, 0.29) is 12.9 Å². The summed E-state index contributed by atoms with van der Waals surface area (Å²) in [5, 5.41) is 0.